The fourth-order valence-electron chi connectivity index (χ4n) is 1.68. The summed E-state index contributed by atoms with van der Waals surface area (Å²) in [4.78, 5) is 11.8. The Balaban J connectivity index is 2.04. The monoisotopic (exact) mass is 253 g/mol. The van der Waals surface area contributed by atoms with E-state index in [0.717, 1.165) is 17.9 Å². The van der Waals surface area contributed by atoms with Gasteiger partial charge in [-0.25, -0.2) is 0 Å². The smallest absolute Gasteiger partial charge is 0.269 e. The molecule has 1 heterocycles. The van der Waals surface area contributed by atoms with Crippen LogP contribution in [-0.4, -0.2) is 16.3 Å². The zero-order chi connectivity index (χ0) is 9.76. The number of benzene rings is 1. The Labute approximate surface area is 89.6 Å². The van der Waals surface area contributed by atoms with Crippen LogP contribution in [0.15, 0.2) is 24.3 Å². The van der Waals surface area contributed by atoms with E-state index in [1.54, 1.807) is 0 Å². The van der Waals surface area contributed by atoms with Crippen molar-refractivity contribution >= 4 is 27.5 Å². The number of nitrogens with one attached hydrogen (secondary N) is 1. The van der Waals surface area contributed by atoms with Gasteiger partial charge in [0.25, 0.3) is 5.91 Å². The number of rotatable bonds is 0. The van der Waals surface area contributed by atoms with Crippen LogP contribution in [0.1, 0.15) is 6.42 Å². The van der Waals surface area contributed by atoms with Crippen LogP contribution in [0.4, 0.5) is 5.69 Å². The molecule has 1 aliphatic carbocycles. The molecule has 0 saturated heterocycles. The lowest BCUT2D eigenvalue weighted by molar-refractivity contribution is -0.125. The lowest BCUT2D eigenvalue weighted by atomic mass is 10.2. The Morgan fingerprint density at radius 2 is 2.21 bits per heavy atom. The third-order valence-electron chi connectivity index (χ3n) is 2.64. The molecule has 1 saturated carbocycles. The molecule has 0 bridgehead atoms. The lowest BCUT2D eigenvalue weighted by Gasteiger charge is -2.25. The molecule has 1 fully saturated rings. The highest BCUT2D eigenvalue weighted by Gasteiger charge is 2.63. The second-order valence-corrected chi connectivity index (χ2v) is 4.72. The highest BCUT2D eigenvalue weighted by atomic mass is 79.9. The lowest BCUT2D eigenvalue weighted by Crippen LogP contribution is -2.41. The van der Waals surface area contributed by atoms with Gasteiger partial charge in [0.2, 0.25) is 5.60 Å². The number of hydrogen-bond acceptors (Lipinski definition) is 2. The van der Waals surface area contributed by atoms with E-state index in [1.165, 1.54) is 0 Å². The number of halogens is 1. The van der Waals surface area contributed by atoms with Gasteiger partial charge < -0.3 is 10.1 Å². The molecule has 3 rings (SSSR count). The van der Waals surface area contributed by atoms with E-state index in [-0.39, 0.29) is 10.7 Å². The van der Waals surface area contributed by atoms with E-state index in [4.69, 9.17) is 4.74 Å². The fraction of sp³-hybridized carbons (Fsp3) is 0.300. The number of para-hydroxylation sites is 2. The summed E-state index contributed by atoms with van der Waals surface area (Å²) in [5.74, 6) is 0.715. The van der Waals surface area contributed by atoms with E-state index in [9.17, 15) is 4.79 Å². The van der Waals surface area contributed by atoms with E-state index in [2.05, 4.69) is 21.2 Å². The summed E-state index contributed by atoms with van der Waals surface area (Å²) in [6, 6.07) is 7.48. The van der Waals surface area contributed by atoms with Crippen molar-refractivity contribution in [1.29, 1.82) is 0 Å². The van der Waals surface area contributed by atoms with Gasteiger partial charge in [-0.05, 0) is 12.1 Å². The number of carbonyl (C=O) groups is 1. The second-order valence-electron chi connectivity index (χ2n) is 3.61. The highest BCUT2D eigenvalue weighted by Crippen LogP contribution is 2.50. The van der Waals surface area contributed by atoms with Crippen LogP contribution in [0.25, 0.3) is 0 Å². The molecule has 2 aliphatic rings. The Bertz CT molecular complexity index is 420. The first-order valence-electron chi connectivity index (χ1n) is 4.46. The fourth-order valence-corrected chi connectivity index (χ4v) is 2.46. The highest BCUT2D eigenvalue weighted by molar-refractivity contribution is 9.09. The third kappa shape index (κ3) is 0.945. The molecular weight excluding hydrogens is 246 g/mol. The van der Waals surface area contributed by atoms with Gasteiger partial charge in [-0.1, -0.05) is 28.1 Å². The quantitative estimate of drug-likeness (QED) is 0.718. The minimum absolute atomic E-state index is 0.0434. The van der Waals surface area contributed by atoms with Crippen LogP contribution >= 0.6 is 15.9 Å². The van der Waals surface area contributed by atoms with Gasteiger partial charge in [0.05, 0.1) is 10.5 Å². The van der Waals surface area contributed by atoms with Crippen molar-refractivity contribution in [3.63, 3.8) is 0 Å². The van der Waals surface area contributed by atoms with Crippen molar-refractivity contribution in [1.82, 2.24) is 0 Å². The molecule has 1 N–H and O–H groups in total. The molecule has 4 heteroatoms. The number of fused-ring (bicyclic) bond motifs is 1. The number of anilines is 1. The molecule has 1 aromatic carbocycles. The third-order valence-corrected chi connectivity index (χ3v) is 3.70. The van der Waals surface area contributed by atoms with Crippen molar-refractivity contribution in [3.05, 3.63) is 24.3 Å². The molecule has 1 aromatic rings. The predicted octanol–water partition coefficient (Wildman–Crippen LogP) is 1.92. The number of carbonyl (C=O) groups excluding carboxylic acids is 1. The van der Waals surface area contributed by atoms with Gasteiger partial charge in [-0.15, -0.1) is 0 Å². The Morgan fingerprint density at radius 1 is 1.50 bits per heavy atom. The maximum atomic E-state index is 11.7. The maximum absolute atomic E-state index is 11.7. The standard InChI is InChI=1S/C10H8BrNO2/c11-8-5-10(8)9(13)12-6-3-1-2-4-7(6)14-10/h1-4,8H,5H2,(H,12,13). The van der Waals surface area contributed by atoms with Crippen molar-refractivity contribution in [2.24, 2.45) is 0 Å². The predicted molar refractivity (Wildman–Crippen MR) is 55.8 cm³/mol. The summed E-state index contributed by atoms with van der Waals surface area (Å²) >= 11 is 3.41. The Hall–Kier alpha value is -1.03. The summed E-state index contributed by atoms with van der Waals surface area (Å²) in [7, 11) is 0. The van der Waals surface area contributed by atoms with Crippen molar-refractivity contribution in [2.45, 2.75) is 16.8 Å². The first-order chi connectivity index (χ1) is 6.72. The molecular formula is C10H8BrNO2. The normalized spacial score (nSPS) is 33.2. The van der Waals surface area contributed by atoms with Gasteiger partial charge in [0.15, 0.2) is 0 Å². The van der Waals surface area contributed by atoms with Gasteiger partial charge >= 0.3 is 0 Å². The van der Waals surface area contributed by atoms with Gasteiger partial charge in [-0.2, -0.15) is 0 Å². The van der Waals surface area contributed by atoms with Crippen molar-refractivity contribution in [3.8, 4) is 5.75 Å². The van der Waals surface area contributed by atoms with E-state index >= 15 is 0 Å². The summed E-state index contributed by atoms with van der Waals surface area (Å²) in [6.45, 7) is 0. The Morgan fingerprint density at radius 3 is 2.93 bits per heavy atom. The molecule has 1 spiro atoms. The minimum Gasteiger partial charge on any atom is -0.474 e. The van der Waals surface area contributed by atoms with Crippen LogP contribution < -0.4 is 10.1 Å². The van der Waals surface area contributed by atoms with E-state index in [1.807, 2.05) is 24.3 Å². The number of hydrogen-bond donors (Lipinski definition) is 1. The van der Waals surface area contributed by atoms with Crippen LogP contribution in [0, 0.1) is 0 Å². The number of alkyl halides is 1. The summed E-state index contributed by atoms with van der Waals surface area (Å²) in [6.07, 6.45) is 0.743. The summed E-state index contributed by atoms with van der Waals surface area (Å²) < 4.78 is 5.70. The Kier molecular flexibility index (Phi) is 1.49. The molecule has 1 aliphatic heterocycles. The first kappa shape index (κ1) is 8.29. The largest absolute Gasteiger partial charge is 0.474 e. The van der Waals surface area contributed by atoms with Crippen molar-refractivity contribution in [2.75, 3.05) is 5.32 Å². The number of ether oxygens (including phenoxy) is 1. The zero-order valence-electron chi connectivity index (χ0n) is 7.29. The summed E-state index contributed by atoms with van der Waals surface area (Å²) in [5.41, 5.74) is 0.115. The minimum atomic E-state index is -0.644. The number of amides is 1. The topological polar surface area (TPSA) is 38.3 Å². The molecule has 72 valence electrons. The SMILES string of the molecule is O=C1Nc2ccccc2OC12CC2Br. The maximum Gasteiger partial charge on any atom is 0.269 e. The molecule has 2 unspecified atom stereocenters. The second kappa shape index (κ2) is 2.51. The molecule has 0 aromatic heterocycles. The average molecular weight is 254 g/mol. The van der Waals surface area contributed by atoms with Crippen LogP contribution in [-0.2, 0) is 4.79 Å². The molecule has 3 nitrogen and oxygen atoms in total. The van der Waals surface area contributed by atoms with Crippen LogP contribution in [0.3, 0.4) is 0 Å². The molecule has 14 heavy (non-hydrogen) atoms. The molecule has 1 amide bonds. The van der Waals surface area contributed by atoms with Crippen LogP contribution in [0.2, 0.25) is 0 Å². The molecule has 2 atom stereocenters. The van der Waals surface area contributed by atoms with Gasteiger partial charge in [0, 0.05) is 6.42 Å². The molecule has 0 radical (unpaired) electrons. The summed E-state index contributed by atoms with van der Waals surface area (Å²) in [5, 5.41) is 2.85. The van der Waals surface area contributed by atoms with E-state index in [0.29, 0.717) is 0 Å². The van der Waals surface area contributed by atoms with Gasteiger partial charge in [-0.3, -0.25) is 4.79 Å². The average Bonchev–Trinajstić information content (AvgIpc) is 2.80. The van der Waals surface area contributed by atoms with Crippen LogP contribution in [0.5, 0.6) is 5.75 Å². The van der Waals surface area contributed by atoms with Crippen molar-refractivity contribution < 1.29 is 9.53 Å². The first-order valence-corrected chi connectivity index (χ1v) is 5.37. The van der Waals surface area contributed by atoms with Gasteiger partial charge in [0.1, 0.15) is 5.75 Å². The zero-order valence-corrected chi connectivity index (χ0v) is 8.87. The van der Waals surface area contributed by atoms with E-state index < -0.39 is 5.60 Å².